The Hall–Kier alpha value is -2.21. The summed E-state index contributed by atoms with van der Waals surface area (Å²) in [6, 6.07) is 12.5. The molecule has 26 heavy (non-hydrogen) atoms. The third kappa shape index (κ3) is 6.96. The van der Waals surface area contributed by atoms with Crippen LogP contribution in [0.25, 0.3) is 0 Å². The monoisotopic (exact) mass is 473 g/mol. The molecule has 0 unspecified atom stereocenters. The van der Waals surface area contributed by atoms with Crippen LogP contribution in [0, 0.1) is 11.8 Å². The van der Waals surface area contributed by atoms with Crippen LogP contribution in [0.3, 0.4) is 0 Å². The Kier molecular flexibility index (Phi) is 8.45. The number of hydrogen-bond donors (Lipinski definition) is 2. The standard InChI is InChI=1S/C19H18F3N3.HI/c1-2-14-5-3-7-17(13-14)25-18(23)24-12-4-6-15-8-10-16(11-9-15)19(20,21)22;/h3,5,7-11,13H,2,12H2,1H3,(H3,23,24,25);1H. The van der Waals surface area contributed by atoms with Crippen LogP contribution >= 0.6 is 24.0 Å². The molecule has 7 heteroatoms. The Labute approximate surface area is 167 Å². The summed E-state index contributed by atoms with van der Waals surface area (Å²) in [5, 5.41) is 2.97. The second-order valence-corrected chi connectivity index (χ2v) is 5.26. The van der Waals surface area contributed by atoms with Crippen LogP contribution in [0.15, 0.2) is 53.5 Å². The van der Waals surface area contributed by atoms with Crippen LogP contribution in [0.4, 0.5) is 18.9 Å². The number of halogens is 4. The topological polar surface area (TPSA) is 50.4 Å². The molecule has 0 atom stereocenters. The number of anilines is 1. The first kappa shape index (κ1) is 21.8. The van der Waals surface area contributed by atoms with Gasteiger partial charge in [-0.05, 0) is 48.4 Å². The van der Waals surface area contributed by atoms with E-state index < -0.39 is 11.7 Å². The highest BCUT2D eigenvalue weighted by atomic mass is 127. The smallest absolute Gasteiger partial charge is 0.370 e. The van der Waals surface area contributed by atoms with Crippen LogP contribution in [0.5, 0.6) is 0 Å². The van der Waals surface area contributed by atoms with E-state index in [0.29, 0.717) is 5.56 Å². The van der Waals surface area contributed by atoms with Crippen molar-refractivity contribution in [1.82, 2.24) is 0 Å². The van der Waals surface area contributed by atoms with E-state index in [1.54, 1.807) is 0 Å². The summed E-state index contributed by atoms with van der Waals surface area (Å²) in [5.74, 6) is 5.74. The summed E-state index contributed by atoms with van der Waals surface area (Å²) < 4.78 is 37.4. The first-order valence-corrected chi connectivity index (χ1v) is 7.70. The van der Waals surface area contributed by atoms with Crippen LogP contribution < -0.4 is 11.1 Å². The van der Waals surface area contributed by atoms with E-state index >= 15 is 0 Å². The number of hydrogen-bond acceptors (Lipinski definition) is 1. The summed E-state index contributed by atoms with van der Waals surface area (Å²) in [5.41, 5.74) is 7.61. The summed E-state index contributed by atoms with van der Waals surface area (Å²) >= 11 is 0. The number of aliphatic imine (C=N–C) groups is 1. The van der Waals surface area contributed by atoms with Gasteiger partial charge in [-0.1, -0.05) is 30.9 Å². The maximum Gasteiger partial charge on any atom is 0.416 e. The summed E-state index contributed by atoms with van der Waals surface area (Å²) in [7, 11) is 0. The molecule has 0 amide bonds. The predicted molar refractivity (Wildman–Crippen MR) is 110 cm³/mol. The fraction of sp³-hybridized carbons (Fsp3) is 0.211. The van der Waals surface area contributed by atoms with Gasteiger partial charge in [-0.2, -0.15) is 13.2 Å². The Balaban J connectivity index is 0.00000338. The summed E-state index contributed by atoms with van der Waals surface area (Å²) in [6.45, 7) is 2.21. The second kappa shape index (κ2) is 10.1. The van der Waals surface area contributed by atoms with Crippen molar-refractivity contribution in [3.63, 3.8) is 0 Å². The number of nitrogens with zero attached hydrogens (tertiary/aromatic N) is 1. The van der Waals surface area contributed by atoms with Crippen LogP contribution in [0.1, 0.15) is 23.6 Å². The third-order valence-corrected chi connectivity index (χ3v) is 3.38. The van der Waals surface area contributed by atoms with Gasteiger partial charge in [-0.15, -0.1) is 24.0 Å². The maximum atomic E-state index is 12.5. The molecule has 0 heterocycles. The Bertz CT molecular complexity index is 803. The van der Waals surface area contributed by atoms with Gasteiger partial charge in [-0.25, -0.2) is 4.99 Å². The molecule has 138 valence electrons. The molecule has 3 N–H and O–H groups in total. The SMILES string of the molecule is CCc1cccc(NC(N)=NCC#Cc2ccc(C(F)(F)F)cc2)c1.I. The Morgan fingerprint density at radius 2 is 1.85 bits per heavy atom. The first-order chi connectivity index (χ1) is 11.9. The molecule has 0 aromatic heterocycles. The molecule has 0 fully saturated rings. The van der Waals surface area contributed by atoms with Crippen molar-refractivity contribution in [3.05, 3.63) is 65.2 Å². The Morgan fingerprint density at radius 1 is 1.15 bits per heavy atom. The minimum Gasteiger partial charge on any atom is -0.370 e. The zero-order chi connectivity index (χ0) is 18.3. The van der Waals surface area contributed by atoms with Gasteiger partial charge in [0, 0.05) is 11.3 Å². The molecule has 0 aliphatic rings. The lowest BCUT2D eigenvalue weighted by Gasteiger charge is -2.06. The third-order valence-electron chi connectivity index (χ3n) is 3.38. The predicted octanol–water partition coefficient (Wildman–Crippen LogP) is 4.66. The average molecular weight is 473 g/mol. The summed E-state index contributed by atoms with van der Waals surface area (Å²) in [4.78, 5) is 4.08. The van der Waals surface area contributed by atoms with Crippen molar-refractivity contribution in [1.29, 1.82) is 0 Å². The lowest BCUT2D eigenvalue weighted by molar-refractivity contribution is -0.137. The molecular formula is C19H19F3IN3. The van der Waals surface area contributed by atoms with E-state index in [4.69, 9.17) is 5.73 Å². The highest BCUT2D eigenvalue weighted by Crippen LogP contribution is 2.28. The molecule has 0 spiro atoms. The Morgan fingerprint density at radius 3 is 2.46 bits per heavy atom. The maximum absolute atomic E-state index is 12.5. The molecule has 2 aromatic rings. The number of guanidine groups is 1. The number of benzene rings is 2. The normalized spacial score (nSPS) is 11.2. The largest absolute Gasteiger partial charge is 0.416 e. The van der Waals surface area contributed by atoms with Gasteiger partial charge < -0.3 is 11.1 Å². The minimum atomic E-state index is -4.34. The summed E-state index contributed by atoms with van der Waals surface area (Å²) in [6.07, 6.45) is -3.42. The number of aryl methyl sites for hydroxylation is 1. The number of alkyl halides is 3. The van der Waals surface area contributed by atoms with Gasteiger partial charge in [0.25, 0.3) is 0 Å². The van der Waals surface area contributed by atoms with Crippen molar-refractivity contribution >= 4 is 35.6 Å². The highest BCUT2D eigenvalue weighted by Gasteiger charge is 2.29. The molecule has 3 nitrogen and oxygen atoms in total. The molecule has 0 aliphatic heterocycles. The zero-order valence-corrected chi connectivity index (χ0v) is 16.4. The van der Waals surface area contributed by atoms with Crippen LogP contribution in [-0.2, 0) is 12.6 Å². The molecule has 0 radical (unpaired) electrons. The van der Waals surface area contributed by atoms with Gasteiger partial charge in [0.15, 0.2) is 5.96 Å². The van der Waals surface area contributed by atoms with Crippen LogP contribution in [0.2, 0.25) is 0 Å². The van der Waals surface area contributed by atoms with Gasteiger partial charge in [0.05, 0.1) is 5.56 Å². The lowest BCUT2D eigenvalue weighted by atomic mass is 10.1. The van der Waals surface area contributed by atoms with E-state index in [9.17, 15) is 13.2 Å². The van der Waals surface area contributed by atoms with Gasteiger partial charge in [-0.3, -0.25) is 0 Å². The minimum absolute atomic E-state index is 0. The van der Waals surface area contributed by atoms with Crippen molar-refractivity contribution < 1.29 is 13.2 Å². The molecule has 2 rings (SSSR count). The fourth-order valence-electron chi connectivity index (χ4n) is 2.07. The lowest BCUT2D eigenvalue weighted by Crippen LogP contribution is -2.22. The molecule has 0 saturated heterocycles. The quantitative estimate of drug-likeness (QED) is 0.295. The van der Waals surface area contributed by atoms with Gasteiger partial charge >= 0.3 is 6.18 Å². The van der Waals surface area contributed by atoms with E-state index in [-0.39, 0.29) is 36.5 Å². The van der Waals surface area contributed by atoms with Crippen LogP contribution in [-0.4, -0.2) is 12.5 Å². The van der Waals surface area contributed by atoms with E-state index in [1.165, 1.54) is 17.7 Å². The number of rotatable bonds is 3. The average Bonchev–Trinajstić information content (AvgIpc) is 2.58. The van der Waals surface area contributed by atoms with Gasteiger partial charge in [0.1, 0.15) is 6.54 Å². The van der Waals surface area contributed by atoms with E-state index in [2.05, 4.69) is 29.1 Å². The van der Waals surface area contributed by atoms with Crippen molar-refractivity contribution in [2.75, 3.05) is 11.9 Å². The van der Waals surface area contributed by atoms with Crippen molar-refractivity contribution in [2.45, 2.75) is 19.5 Å². The van der Waals surface area contributed by atoms with Crippen molar-refractivity contribution in [3.8, 4) is 11.8 Å². The van der Waals surface area contributed by atoms with E-state index in [1.807, 2.05) is 24.3 Å². The fourth-order valence-corrected chi connectivity index (χ4v) is 2.07. The molecular weight excluding hydrogens is 454 g/mol. The molecule has 0 bridgehead atoms. The zero-order valence-electron chi connectivity index (χ0n) is 14.1. The first-order valence-electron chi connectivity index (χ1n) is 7.70. The molecule has 2 aromatic carbocycles. The van der Waals surface area contributed by atoms with Gasteiger partial charge in [0.2, 0.25) is 0 Å². The van der Waals surface area contributed by atoms with E-state index in [0.717, 1.165) is 24.2 Å². The highest BCUT2D eigenvalue weighted by molar-refractivity contribution is 14.0. The molecule has 0 saturated carbocycles. The molecule has 0 aliphatic carbocycles. The second-order valence-electron chi connectivity index (χ2n) is 5.26. The van der Waals surface area contributed by atoms with Crippen molar-refractivity contribution in [2.24, 2.45) is 10.7 Å². The number of nitrogens with one attached hydrogen (secondary N) is 1. The number of nitrogens with two attached hydrogens (primary N) is 1.